The summed E-state index contributed by atoms with van der Waals surface area (Å²) in [6.07, 6.45) is -0.250. The van der Waals surface area contributed by atoms with Gasteiger partial charge in [-0.1, -0.05) is 127 Å². The Hall–Kier alpha value is -6.96. The van der Waals surface area contributed by atoms with Gasteiger partial charge in [0.05, 0.1) is 40.6 Å². The fraction of sp³-hybridized carbons (Fsp3) is 0.0588. The van der Waals surface area contributed by atoms with Gasteiger partial charge >= 0.3 is 0 Å². The van der Waals surface area contributed by atoms with Crippen LogP contribution >= 0.6 is 0 Å². The predicted octanol–water partition coefficient (Wildman–Crippen LogP) is 12.0. The molecule has 1 fully saturated rings. The number of nitrogens with zero attached hydrogens (tertiary/aromatic N) is 2. The van der Waals surface area contributed by atoms with E-state index in [0.717, 1.165) is 49.9 Å². The average Bonchev–Trinajstić information content (AvgIpc) is 3.92. The van der Waals surface area contributed by atoms with Crippen molar-refractivity contribution >= 4 is 65.6 Å². The largest absolute Gasteiger partial charge is 0.456 e. The van der Waals surface area contributed by atoms with Crippen LogP contribution in [0.5, 0.6) is 0 Å². The van der Waals surface area contributed by atoms with Crippen molar-refractivity contribution in [1.82, 2.24) is 25.1 Å². The Morgan fingerprint density at radius 1 is 0.316 bits per heavy atom. The van der Waals surface area contributed by atoms with Crippen molar-refractivity contribution in [3.63, 3.8) is 0 Å². The molecule has 4 heterocycles. The molecule has 0 bridgehead atoms. The van der Waals surface area contributed by atoms with Crippen LogP contribution in [0, 0.1) is 0 Å². The molecule has 0 aliphatic carbocycles. The van der Waals surface area contributed by atoms with Crippen LogP contribution in [0.25, 0.3) is 76.9 Å². The van der Waals surface area contributed by atoms with E-state index < -0.39 is 0 Å². The lowest BCUT2D eigenvalue weighted by Gasteiger charge is -2.39. The van der Waals surface area contributed by atoms with Gasteiger partial charge in [0, 0.05) is 49.8 Å². The molecular weight excluding hydrogens is 699 g/mol. The zero-order chi connectivity index (χ0) is 37.5. The zero-order valence-corrected chi connectivity index (χ0v) is 30.9. The fourth-order valence-electron chi connectivity index (χ4n) is 9.19. The summed E-state index contributed by atoms with van der Waals surface area (Å²) in [4.78, 5) is 0. The van der Waals surface area contributed by atoms with Gasteiger partial charge in [-0.15, -0.1) is 0 Å². The smallest absolute Gasteiger partial charge is 0.137 e. The van der Waals surface area contributed by atoms with Crippen molar-refractivity contribution in [2.45, 2.75) is 18.5 Å². The number of nitrogens with one attached hydrogen (secondary N) is 3. The number of hydrogen-bond acceptors (Lipinski definition) is 4. The average molecular weight is 736 g/mol. The van der Waals surface area contributed by atoms with E-state index in [-0.39, 0.29) is 18.5 Å². The zero-order valence-electron chi connectivity index (χ0n) is 30.9. The molecule has 0 amide bonds. The van der Waals surface area contributed by atoms with Crippen LogP contribution in [0.2, 0.25) is 0 Å². The van der Waals surface area contributed by atoms with Gasteiger partial charge in [-0.3, -0.25) is 16.0 Å². The highest BCUT2D eigenvalue weighted by molar-refractivity contribution is 6.22. The molecule has 0 saturated carbocycles. The summed E-state index contributed by atoms with van der Waals surface area (Å²) in [5.41, 5.74) is 12.2. The predicted molar refractivity (Wildman–Crippen MR) is 233 cm³/mol. The van der Waals surface area contributed by atoms with Crippen LogP contribution in [0.4, 0.5) is 0 Å². The Labute approximate surface area is 328 Å². The molecular formula is C51H37N5O. The molecule has 0 spiro atoms. The van der Waals surface area contributed by atoms with E-state index >= 15 is 0 Å². The second kappa shape index (κ2) is 12.8. The van der Waals surface area contributed by atoms with Crippen molar-refractivity contribution in [3.8, 4) is 11.4 Å². The van der Waals surface area contributed by atoms with Crippen molar-refractivity contribution in [1.29, 1.82) is 0 Å². The number of furan rings is 1. The molecule has 2 atom stereocenters. The number of benzene rings is 8. The van der Waals surface area contributed by atoms with Gasteiger partial charge in [0.1, 0.15) is 11.2 Å². The summed E-state index contributed by atoms with van der Waals surface area (Å²) in [7, 11) is 0. The van der Waals surface area contributed by atoms with Crippen LogP contribution in [-0.2, 0) is 0 Å². The van der Waals surface area contributed by atoms with E-state index in [2.05, 4.69) is 207 Å². The van der Waals surface area contributed by atoms with Crippen molar-refractivity contribution in [2.75, 3.05) is 0 Å². The Morgan fingerprint density at radius 2 is 0.807 bits per heavy atom. The van der Waals surface area contributed by atoms with Gasteiger partial charge in [0.2, 0.25) is 0 Å². The number of fused-ring (bicyclic) bond motifs is 9. The maximum Gasteiger partial charge on any atom is 0.137 e. The molecule has 1 saturated heterocycles. The first-order valence-electron chi connectivity index (χ1n) is 19.6. The molecule has 1 aliphatic heterocycles. The minimum atomic E-state index is -0.132. The lowest BCUT2D eigenvalue weighted by Crippen LogP contribution is -2.54. The quantitative estimate of drug-likeness (QED) is 0.165. The molecule has 2 unspecified atom stereocenters. The first-order chi connectivity index (χ1) is 28.2. The third kappa shape index (κ3) is 5.16. The number of aromatic nitrogens is 2. The van der Waals surface area contributed by atoms with Gasteiger partial charge in [-0.25, -0.2) is 0 Å². The molecule has 12 rings (SSSR count). The monoisotopic (exact) mass is 735 g/mol. The highest BCUT2D eigenvalue weighted by Gasteiger charge is 2.30. The maximum atomic E-state index is 6.53. The lowest BCUT2D eigenvalue weighted by atomic mass is 10.0. The molecule has 57 heavy (non-hydrogen) atoms. The molecule has 1 aliphatic rings. The molecule has 6 nitrogen and oxygen atoms in total. The maximum absolute atomic E-state index is 6.53. The Balaban J connectivity index is 1.09. The van der Waals surface area contributed by atoms with Crippen LogP contribution in [-0.4, -0.2) is 9.13 Å². The Kier molecular flexibility index (Phi) is 7.25. The van der Waals surface area contributed by atoms with E-state index in [4.69, 9.17) is 4.42 Å². The molecule has 6 heteroatoms. The van der Waals surface area contributed by atoms with Gasteiger partial charge in [0.25, 0.3) is 0 Å². The molecule has 11 aromatic rings. The fourth-order valence-corrected chi connectivity index (χ4v) is 9.19. The van der Waals surface area contributed by atoms with Gasteiger partial charge in [-0.2, -0.15) is 0 Å². The summed E-state index contributed by atoms with van der Waals surface area (Å²) in [5, 5.41) is 18.7. The van der Waals surface area contributed by atoms with Crippen LogP contribution in [0.3, 0.4) is 0 Å². The first kappa shape index (κ1) is 32.3. The molecule has 8 aromatic carbocycles. The van der Waals surface area contributed by atoms with Gasteiger partial charge < -0.3 is 13.6 Å². The third-order valence-electron chi connectivity index (χ3n) is 11.8. The topological polar surface area (TPSA) is 59.1 Å². The van der Waals surface area contributed by atoms with E-state index in [1.807, 2.05) is 6.07 Å². The summed E-state index contributed by atoms with van der Waals surface area (Å²) >= 11 is 0. The van der Waals surface area contributed by atoms with Crippen molar-refractivity contribution < 1.29 is 4.42 Å². The summed E-state index contributed by atoms with van der Waals surface area (Å²) < 4.78 is 11.4. The number of hydrogen-bond donors (Lipinski definition) is 3. The van der Waals surface area contributed by atoms with E-state index in [0.29, 0.717) is 0 Å². The van der Waals surface area contributed by atoms with Crippen molar-refractivity contribution in [2.24, 2.45) is 0 Å². The molecule has 3 aromatic heterocycles. The SMILES string of the molecule is c1ccc(C2NC(c3ccccc3)NC(c3cccc(-n4c5cc6oc7ccccc7c6cc5c5cc6c(cc54)c4ccccc4n6-c4ccccc4)c3)N2)cc1. The van der Waals surface area contributed by atoms with E-state index in [9.17, 15) is 0 Å². The first-order valence-corrected chi connectivity index (χ1v) is 19.6. The highest BCUT2D eigenvalue weighted by atomic mass is 16.3. The second-order valence-electron chi connectivity index (χ2n) is 15.1. The lowest BCUT2D eigenvalue weighted by molar-refractivity contribution is 0.203. The van der Waals surface area contributed by atoms with E-state index in [1.165, 1.54) is 43.7 Å². The standard InChI is InChI=1S/C51H37N5O/c1-4-15-32(16-5-1)49-52-50(33-17-6-2-7-18-33)54-51(53-49)34-19-14-22-36(27-34)56-45-29-40-37-23-10-12-25-43(37)55(35-20-8-3-9-21-35)44(40)30-41(45)39-28-42-38-24-11-13-26-47(38)57-48(42)31-46(39)56/h1-31,49-54H. The van der Waals surface area contributed by atoms with Crippen LogP contribution in [0.1, 0.15) is 35.2 Å². The minimum Gasteiger partial charge on any atom is -0.456 e. The van der Waals surface area contributed by atoms with Gasteiger partial charge in [0.15, 0.2) is 0 Å². The molecule has 272 valence electrons. The third-order valence-corrected chi connectivity index (χ3v) is 11.8. The summed E-state index contributed by atoms with van der Waals surface area (Å²) in [6.45, 7) is 0. The van der Waals surface area contributed by atoms with Gasteiger partial charge in [-0.05, 0) is 71.3 Å². The normalized spacial score (nSPS) is 17.4. The molecule has 0 radical (unpaired) electrons. The van der Waals surface area contributed by atoms with Crippen molar-refractivity contribution in [3.05, 3.63) is 205 Å². The second-order valence-corrected chi connectivity index (χ2v) is 15.1. The van der Waals surface area contributed by atoms with Crippen LogP contribution < -0.4 is 16.0 Å². The Bertz CT molecular complexity index is 3240. The number of para-hydroxylation sites is 3. The summed E-state index contributed by atoms with van der Waals surface area (Å²) in [5.74, 6) is 0. The van der Waals surface area contributed by atoms with E-state index in [1.54, 1.807) is 0 Å². The Morgan fingerprint density at radius 3 is 1.51 bits per heavy atom. The summed E-state index contributed by atoms with van der Waals surface area (Å²) in [6, 6.07) is 67.4. The molecule has 3 N–H and O–H groups in total. The van der Waals surface area contributed by atoms with Crippen LogP contribution in [0.15, 0.2) is 192 Å². The minimum absolute atomic E-state index is 0.0591. The highest BCUT2D eigenvalue weighted by Crippen LogP contribution is 2.42. The number of rotatable bonds is 5.